The molecule has 4 N–H and O–H groups in total. The van der Waals surface area contributed by atoms with Crippen LogP contribution in [0.25, 0.3) is 0 Å². The first-order chi connectivity index (χ1) is 17.5. The summed E-state index contributed by atoms with van der Waals surface area (Å²) in [6.45, 7) is 1.89. The van der Waals surface area contributed by atoms with Gasteiger partial charge in [-0.25, -0.2) is 4.98 Å². The van der Waals surface area contributed by atoms with Gasteiger partial charge in [-0.15, -0.1) is 0 Å². The zero-order valence-corrected chi connectivity index (χ0v) is 20.9. The number of nitrogens with one attached hydrogen (secondary N) is 2. The van der Waals surface area contributed by atoms with E-state index in [4.69, 9.17) is 5.73 Å². The number of benzene rings is 1. The van der Waals surface area contributed by atoms with E-state index < -0.39 is 17.6 Å². The molecule has 2 heterocycles. The van der Waals surface area contributed by atoms with Crippen molar-refractivity contribution < 1.29 is 22.8 Å². The first kappa shape index (κ1) is 26.6. The Morgan fingerprint density at radius 1 is 1.11 bits per heavy atom. The second-order valence-electron chi connectivity index (χ2n) is 9.86. The Kier molecular flexibility index (Phi) is 7.86. The zero-order chi connectivity index (χ0) is 26.7. The number of rotatable bonds is 7. The van der Waals surface area contributed by atoms with Crippen LogP contribution < -0.4 is 16.4 Å². The van der Waals surface area contributed by atoms with Gasteiger partial charge in [0.2, 0.25) is 11.9 Å². The van der Waals surface area contributed by atoms with Gasteiger partial charge in [-0.2, -0.15) is 18.2 Å². The molecular formula is C25H32F3N7O2. The van der Waals surface area contributed by atoms with Crippen LogP contribution >= 0.6 is 0 Å². The molecule has 1 aliphatic carbocycles. The quantitative estimate of drug-likeness (QED) is 0.513. The molecule has 0 unspecified atom stereocenters. The highest BCUT2D eigenvalue weighted by Gasteiger charge is 2.37. The van der Waals surface area contributed by atoms with Gasteiger partial charge in [0.05, 0.1) is 0 Å². The molecule has 2 atom stereocenters. The van der Waals surface area contributed by atoms with Gasteiger partial charge in [-0.1, -0.05) is 0 Å². The van der Waals surface area contributed by atoms with E-state index in [-0.39, 0.29) is 35.7 Å². The van der Waals surface area contributed by atoms with Crippen LogP contribution in [0.3, 0.4) is 0 Å². The van der Waals surface area contributed by atoms with Crippen LogP contribution in [-0.4, -0.2) is 70.9 Å². The first-order valence-corrected chi connectivity index (χ1v) is 12.3. The van der Waals surface area contributed by atoms with Crippen LogP contribution in [0.5, 0.6) is 0 Å². The van der Waals surface area contributed by atoms with Gasteiger partial charge < -0.3 is 26.2 Å². The molecular weight excluding hydrogens is 487 g/mol. The fourth-order valence-corrected chi connectivity index (χ4v) is 4.90. The summed E-state index contributed by atoms with van der Waals surface area (Å²) in [5.74, 6) is -1.28. The number of halogens is 3. The number of nitrogens with zero attached hydrogens (tertiary/aromatic N) is 4. The third-order valence-corrected chi connectivity index (χ3v) is 7.21. The fraction of sp³-hybridized carbons (Fsp3) is 0.520. The highest BCUT2D eigenvalue weighted by atomic mass is 19.4. The molecule has 200 valence electrons. The third kappa shape index (κ3) is 6.48. The standard InChI is InChI=1S/C25H32F3N7O2/c1-34-11-9-19(10-12-34)35(2)23(37)15-3-6-17(7-4-15)32-24-30-14-20(25(26,27)28)22(33-24)31-18-8-5-16(13-18)21(29)36/h3-4,6-7,14,16,18-19H,5,8-13H2,1-2H3,(H2,29,36)(H2,30,31,32,33)/t16-,18+/m0/s1. The van der Waals surface area contributed by atoms with E-state index >= 15 is 0 Å². The molecule has 1 saturated heterocycles. The lowest BCUT2D eigenvalue weighted by Gasteiger charge is -2.35. The Labute approximate surface area is 213 Å². The van der Waals surface area contributed by atoms with Crippen LogP contribution in [0.15, 0.2) is 30.5 Å². The third-order valence-electron chi connectivity index (χ3n) is 7.21. The maximum absolute atomic E-state index is 13.6. The molecule has 2 aliphatic rings. The van der Waals surface area contributed by atoms with E-state index in [1.54, 1.807) is 29.2 Å². The van der Waals surface area contributed by atoms with Crippen molar-refractivity contribution in [1.29, 1.82) is 0 Å². The SMILES string of the molecule is CN1CCC(N(C)C(=O)c2ccc(Nc3ncc(C(F)(F)F)c(N[C@@H]4CC[C@H](C(N)=O)C4)n3)cc2)CC1. The number of aromatic nitrogens is 2. The van der Waals surface area contributed by atoms with Crippen molar-refractivity contribution in [3.05, 3.63) is 41.6 Å². The normalized spacial score (nSPS) is 21.0. The van der Waals surface area contributed by atoms with Gasteiger partial charge in [-0.3, -0.25) is 9.59 Å². The Balaban J connectivity index is 1.45. The van der Waals surface area contributed by atoms with Crippen molar-refractivity contribution in [3.8, 4) is 0 Å². The first-order valence-electron chi connectivity index (χ1n) is 12.3. The largest absolute Gasteiger partial charge is 0.421 e. The van der Waals surface area contributed by atoms with Crippen LogP contribution in [0, 0.1) is 5.92 Å². The molecule has 2 aromatic rings. The van der Waals surface area contributed by atoms with Crippen LogP contribution in [0.4, 0.5) is 30.6 Å². The average molecular weight is 520 g/mol. The van der Waals surface area contributed by atoms with E-state index in [1.807, 2.05) is 7.05 Å². The van der Waals surface area contributed by atoms with Crippen LogP contribution in [-0.2, 0) is 11.0 Å². The molecule has 2 fully saturated rings. The molecule has 0 bridgehead atoms. The number of alkyl halides is 3. The number of hydrogen-bond donors (Lipinski definition) is 3. The summed E-state index contributed by atoms with van der Waals surface area (Å²) in [7, 11) is 3.88. The Hall–Kier alpha value is -3.41. The van der Waals surface area contributed by atoms with Gasteiger partial charge in [0.25, 0.3) is 5.91 Å². The maximum atomic E-state index is 13.6. The Morgan fingerprint density at radius 2 is 1.78 bits per heavy atom. The van der Waals surface area contributed by atoms with Gasteiger partial charge in [0.15, 0.2) is 0 Å². The van der Waals surface area contributed by atoms with Crippen molar-refractivity contribution in [2.75, 3.05) is 37.8 Å². The summed E-state index contributed by atoms with van der Waals surface area (Å²) >= 11 is 0. The Bertz CT molecular complexity index is 1120. The van der Waals surface area contributed by atoms with Crippen molar-refractivity contribution in [2.24, 2.45) is 11.7 Å². The van der Waals surface area contributed by atoms with Gasteiger partial charge in [0, 0.05) is 42.5 Å². The highest BCUT2D eigenvalue weighted by Crippen LogP contribution is 2.36. The molecule has 1 aromatic carbocycles. The summed E-state index contributed by atoms with van der Waals surface area (Å²) in [6.07, 6.45) is -0.701. The van der Waals surface area contributed by atoms with Crippen molar-refractivity contribution >= 4 is 29.3 Å². The Morgan fingerprint density at radius 3 is 2.38 bits per heavy atom. The van der Waals surface area contributed by atoms with Crippen molar-refractivity contribution in [2.45, 2.75) is 50.4 Å². The van der Waals surface area contributed by atoms with E-state index in [9.17, 15) is 22.8 Å². The number of anilines is 3. The lowest BCUT2D eigenvalue weighted by Crippen LogP contribution is -2.44. The number of piperidine rings is 1. The van der Waals surface area contributed by atoms with E-state index in [0.29, 0.717) is 30.5 Å². The number of nitrogens with two attached hydrogens (primary N) is 1. The molecule has 9 nitrogen and oxygen atoms in total. The molecule has 0 spiro atoms. The second-order valence-corrected chi connectivity index (χ2v) is 9.86. The fourth-order valence-electron chi connectivity index (χ4n) is 4.90. The van der Waals surface area contributed by atoms with Gasteiger partial charge >= 0.3 is 6.18 Å². The van der Waals surface area contributed by atoms with Crippen molar-refractivity contribution in [3.63, 3.8) is 0 Å². The number of amides is 2. The summed E-state index contributed by atoms with van der Waals surface area (Å²) < 4.78 is 40.7. The molecule has 4 rings (SSSR count). The highest BCUT2D eigenvalue weighted by molar-refractivity contribution is 5.94. The van der Waals surface area contributed by atoms with Crippen molar-refractivity contribution in [1.82, 2.24) is 19.8 Å². The number of likely N-dealkylation sites (tertiary alicyclic amines) is 1. The molecule has 2 amide bonds. The summed E-state index contributed by atoms with van der Waals surface area (Å²) in [4.78, 5) is 36.3. The minimum Gasteiger partial charge on any atom is -0.369 e. The number of primary amides is 1. The molecule has 1 aromatic heterocycles. The van der Waals surface area contributed by atoms with E-state index in [2.05, 4.69) is 32.5 Å². The molecule has 0 radical (unpaired) electrons. The molecule has 1 saturated carbocycles. The monoisotopic (exact) mass is 519 g/mol. The van der Waals surface area contributed by atoms with Crippen LogP contribution in [0.2, 0.25) is 0 Å². The lowest BCUT2D eigenvalue weighted by atomic mass is 10.0. The molecule has 12 heteroatoms. The zero-order valence-electron chi connectivity index (χ0n) is 20.9. The molecule has 37 heavy (non-hydrogen) atoms. The lowest BCUT2D eigenvalue weighted by molar-refractivity contribution is -0.137. The second kappa shape index (κ2) is 10.9. The average Bonchev–Trinajstić information content (AvgIpc) is 3.32. The van der Waals surface area contributed by atoms with Crippen LogP contribution in [0.1, 0.15) is 48.0 Å². The predicted octanol–water partition coefficient (Wildman–Crippen LogP) is 3.47. The summed E-state index contributed by atoms with van der Waals surface area (Å²) in [5, 5.41) is 5.73. The minimum absolute atomic E-state index is 0.0255. The maximum Gasteiger partial charge on any atom is 0.421 e. The van der Waals surface area contributed by atoms with E-state index in [0.717, 1.165) is 32.1 Å². The van der Waals surface area contributed by atoms with E-state index in [1.165, 1.54) is 0 Å². The predicted molar refractivity (Wildman–Crippen MR) is 133 cm³/mol. The van der Waals surface area contributed by atoms with Gasteiger partial charge in [-0.05, 0) is 76.5 Å². The number of carbonyl (C=O) groups is 2. The summed E-state index contributed by atoms with van der Waals surface area (Å²) in [6, 6.07) is 6.50. The summed E-state index contributed by atoms with van der Waals surface area (Å²) in [5.41, 5.74) is 5.40. The number of hydrogen-bond acceptors (Lipinski definition) is 7. The van der Waals surface area contributed by atoms with Gasteiger partial charge in [0.1, 0.15) is 11.4 Å². The smallest absolute Gasteiger partial charge is 0.369 e. The number of carbonyl (C=O) groups excluding carboxylic acids is 2. The minimum atomic E-state index is -4.65. The molecule has 1 aliphatic heterocycles. The topological polar surface area (TPSA) is 116 Å².